The number of hydrogen-bond donors (Lipinski definition) is 1. The summed E-state index contributed by atoms with van der Waals surface area (Å²) in [5.74, 6) is 0. The van der Waals surface area contributed by atoms with E-state index in [1.165, 1.54) is 44.1 Å². The van der Waals surface area contributed by atoms with Gasteiger partial charge in [-0.05, 0) is 22.4 Å². The van der Waals surface area contributed by atoms with Crippen molar-refractivity contribution < 1.29 is 0 Å². The average Bonchev–Trinajstić information content (AvgIpc) is 2.98. The SMILES string of the molecule is c1cc2c3c(cccc3c1)-c1c-2[nH]c2ccccc12. The maximum atomic E-state index is 3.58. The number of benzene rings is 3. The van der Waals surface area contributed by atoms with Crippen molar-refractivity contribution in [3.05, 3.63) is 60.7 Å². The van der Waals surface area contributed by atoms with Gasteiger partial charge >= 0.3 is 0 Å². The topological polar surface area (TPSA) is 15.8 Å². The Bertz CT molecular complexity index is 955. The fourth-order valence-electron chi connectivity index (χ4n) is 3.38. The molecule has 5 rings (SSSR count). The lowest BCUT2D eigenvalue weighted by atomic mass is 10.0. The number of nitrogens with one attached hydrogen (secondary N) is 1. The van der Waals surface area contributed by atoms with Gasteiger partial charge in [-0.2, -0.15) is 0 Å². The van der Waals surface area contributed by atoms with Crippen molar-refractivity contribution in [3.63, 3.8) is 0 Å². The van der Waals surface area contributed by atoms with Crippen LogP contribution in [0, 0.1) is 0 Å². The molecule has 0 spiro atoms. The van der Waals surface area contributed by atoms with E-state index < -0.39 is 0 Å². The fraction of sp³-hybridized carbons (Fsp3) is 0. The summed E-state index contributed by atoms with van der Waals surface area (Å²) in [7, 11) is 0. The molecule has 0 atom stereocenters. The number of fused-ring (bicyclic) bond motifs is 5. The second-order valence-corrected chi connectivity index (χ2v) is 5.13. The van der Waals surface area contributed by atoms with Gasteiger partial charge in [-0.15, -0.1) is 0 Å². The summed E-state index contributed by atoms with van der Waals surface area (Å²) in [5, 5.41) is 4.03. The van der Waals surface area contributed by atoms with Crippen LogP contribution in [-0.2, 0) is 0 Å². The minimum Gasteiger partial charge on any atom is -0.354 e. The Morgan fingerprint density at radius 1 is 0.684 bits per heavy atom. The normalized spacial score (nSPS) is 12.2. The largest absolute Gasteiger partial charge is 0.354 e. The minimum absolute atomic E-state index is 1.22. The maximum Gasteiger partial charge on any atom is 0.0551 e. The van der Waals surface area contributed by atoms with Crippen molar-refractivity contribution in [3.8, 4) is 22.4 Å². The van der Waals surface area contributed by atoms with Gasteiger partial charge in [-0.25, -0.2) is 0 Å². The third kappa shape index (κ3) is 1.02. The number of H-pyrrole nitrogens is 1. The number of rotatable bonds is 0. The van der Waals surface area contributed by atoms with Crippen LogP contribution in [-0.4, -0.2) is 4.98 Å². The molecule has 4 aromatic rings. The van der Waals surface area contributed by atoms with Crippen molar-refractivity contribution in [2.24, 2.45) is 0 Å². The zero-order valence-corrected chi connectivity index (χ0v) is 10.3. The minimum atomic E-state index is 1.22. The number of para-hydroxylation sites is 1. The molecule has 0 unspecified atom stereocenters. The van der Waals surface area contributed by atoms with Crippen LogP contribution in [0.2, 0.25) is 0 Å². The highest BCUT2D eigenvalue weighted by atomic mass is 14.7. The van der Waals surface area contributed by atoms with Gasteiger partial charge in [0, 0.05) is 22.0 Å². The van der Waals surface area contributed by atoms with Crippen LogP contribution in [0.5, 0.6) is 0 Å². The molecule has 1 aliphatic carbocycles. The first kappa shape index (κ1) is 9.40. The molecular weight excluding hydrogens is 230 g/mol. The lowest BCUT2D eigenvalue weighted by molar-refractivity contribution is 1.48. The van der Waals surface area contributed by atoms with Crippen molar-refractivity contribution >= 4 is 21.7 Å². The highest BCUT2D eigenvalue weighted by Crippen LogP contribution is 2.49. The van der Waals surface area contributed by atoms with Gasteiger partial charge in [-0.3, -0.25) is 0 Å². The van der Waals surface area contributed by atoms with E-state index in [0.717, 1.165) is 0 Å². The molecule has 1 aromatic heterocycles. The molecule has 1 nitrogen and oxygen atoms in total. The predicted molar refractivity (Wildman–Crippen MR) is 80.2 cm³/mol. The Hall–Kier alpha value is -2.54. The second-order valence-electron chi connectivity index (χ2n) is 5.13. The van der Waals surface area contributed by atoms with Crippen molar-refractivity contribution in [1.29, 1.82) is 0 Å². The molecule has 1 N–H and O–H groups in total. The first-order valence-corrected chi connectivity index (χ1v) is 6.57. The van der Waals surface area contributed by atoms with Crippen molar-refractivity contribution in [1.82, 2.24) is 4.98 Å². The van der Waals surface area contributed by atoms with E-state index in [9.17, 15) is 0 Å². The molecule has 0 aliphatic heterocycles. The third-order valence-electron chi connectivity index (χ3n) is 4.15. The smallest absolute Gasteiger partial charge is 0.0551 e. The van der Waals surface area contributed by atoms with Crippen LogP contribution in [0.15, 0.2) is 60.7 Å². The molecule has 0 radical (unpaired) electrons. The average molecular weight is 241 g/mol. The van der Waals surface area contributed by atoms with Gasteiger partial charge in [0.05, 0.1) is 5.69 Å². The lowest BCUT2D eigenvalue weighted by Crippen LogP contribution is -1.77. The van der Waals surface area contributed by atoms with Gasteiger partial charge in [0.15, 0.2) is 0 Å². The number of aromatic amines is 1. The Labute approximate surface area is 110 Å². The fourth-order valence-corrected chi connectivity index (χ4v) is 3.38. The lowest BCUT2D eigenvalue weighted by Gasteiger charge is -2.02. The van der Waals surface area contributed by atoms with Gasteiger partial charge in [0.25, 0.3) is 0 Å². The van der Waals surface area contributed by atoms with Crippen LogP contribution in [0.4, 0.5) is 0 Å². The Morgan fingerprint density at radius 3 is 2.37 bits per heavy atom. The van der Waals surface area contributed by atoms with Crippen LogP contribution in [0.3, 0.4) is 0 Å². The van der Waals surface area contributed by atoms with E-state index in [0.29, 0.717) is 0 Å². The molecule has 0 amide bonds. The molecule has 0 fully saturated rings. The van der Waals surface area contributed by atoms with Crippen molar-refractivity contribution in [2.45, 2.75) is 0 Å². The summed E-state index contributed by atoms with van der Waals surface area (Å²) in [5.41, 5.74) is 6.55. The molecule has 0 bridgehead atoms. The summed E-state index contributed by atoms with van der Waals surface area (Å²) in [6, 6.07) is 21.7. The maximum absolute atomic E-state index is 3.58. The summed E-state index contributed by atoms with van der Waals surface area (Å²) >= 11 is 0. The summed E-state index contributed by atoms with van der Waals surface area (Å²) in [4.78, 5) is 3.58. The molecule has 19 heavy (non-hydrogen) atoms. The Morgan fingerprint density at radius 2 is 1.47 bits per heavy atom. The molecule has 0 saturated carbocycles. The Balaban J connectivity index is 2.08. The highest BCUT2D eigenvalue weighted by molar-refractivity contribution is 6.20. The van der Waals surface area contributed by atoms with Crippen molar-refractivity contribution in [2.75, 3.05) is 0 Å². The second kappa shape index (κ2) is 3.07. The summed E-state index contributed by atoms with van der Waals surface area (Å²) in [6.07, 6.45) is 0. The van der Waals surface area contributed by atoms with Gasteiger partial charge < -0.3 is 4.98 Å². The van der Waals surface area contributed by atoms with Gasteiger partial charge in [0.2, 0.25) is 0 Å². The van der Waals surface area contributed by atoms with Gasteiger partial charge in [-0.1, -0.05) is 54.6 Å². The Kier molecular flexibility index (Phi) is 1.52. The van der Waals surface area contributed by atoms with E-state index in [-0.39, 0.29) is 0 Å². The molecule has 3 aromatic carbocycles. The van der Waals surface area contributed by atoms with Crippen LogP contribution in [0.1, 0.15) is 0 Å². The molecule has 1 heterocycles. The molecule has 1 heteroatoms. The van der Waals surface area contributed by atoms with Crippen LogP contribution >= 0.6 is 0 Å². The van der Waals surface area contributed by atoms with E-state index in [2.05, 4.69) is 65.6 Å². The molecule has 88 valence electrons. The zero-order valence-electron chi connectivity index (χ0n) is 10.3. The van der Waals surface area contributed by atoms with E-state index >= 15 is 0 Å². The first-order chi connectivity index (χ1) is 9.43. The van der Waals surface area contributed by atoms with Gasteiger partial charge in [0.1, 0.15) is 0 Å². The number of aromatic nitrogens is 1. The van der Waals surface area contributed by atoms with Crippen LogP contribution in [0.25, 0.3) is 44.1 Å². The monoisotopic (exact) mass is 241 g/mol. The van der Waals surface area contributed by atoms with Crippen LogP contribution < -0.4 is 0 Å². The highest BCUT2D eigenvalue weighted by Gasteiger charge is 2.24. The predicted octanol–water partition coefficient (Wildman–Crippen LogP) is 4.97. The molecular formula is C18H11N. The third-order valence-corrected chi connectivity index (χ3v) is 4.15. The summed E-state index contributed by atoms with van der Waals surface area (Å²) < 4.78 is 0. The zero-order chi connectivity index (χ0) is 12.4. The molecule has 0 saturated heterocycles. The first-order valence-electron chi connectivity index (χ1n) is 6.57. The quantitative estimate of drug-likeness (QED) is 0.394. The van der Waals surface area contributed by atoms with E-state index in [4.69, 9.17) is 0 Å². The summed E-state index contributed by atoms with van der Waals surface area (Å²) in [6.45, 7) is 0. The van der Waals surface area contributed by atoms with E-state index in [1.807, 2.05) is 0 Å². The number of hydrogen-bond acceptors (Lipinski definition) is 0. The molecule has 1 aliphatic rings. The standard InChI is InChI=1S/C18H11N/c1-2-10-15-12(7-1)17-13-8-3-5-11-6-4-9-14(16(11)13)18(17)19-15/h1-10,19H. The van der Waals surface area contributed by atoms with E-state index in [1.54, 1.807) is 0 Å².